The van der Waals surface area contributed by atoms with Gasteiger partial charge in [0.15, 0.2) is 0 Å². The number of hydrogen-bond acceptors (Lipinski definition) is 4. The topological polar surface area (TPSA) is 52.2 Å². The standard InChI is InChI=1S/C23H23FN4O.ClH/c24-17-4-7-18(8-5-17)27-10-12-28(13-11-27)19-6-3-16(14-19)21-15-22-20(23(29)26-21)2-1-9-25-22;/h1-2,4-5,7-9,14-15,19H,3,6,10-13H2,(H,26,29);1H/t19-;/m1./s1. The highest BCUT2D eigenvalue weighted by atomic mass is 35.5. The Bertz CT molecular complexity index is 1120. The third-order valence-electron chi connectivity index (χ3n) is 6.04. The molecule has 3 heterocycles. The molecule has 0 saturated carbocycles. The maximum absolute atomic E-state index is 13.1. The summed E-state index contributed by atoms with van der Waals surface area (Å²) < 4.78 is 13.1. The second kappa shape index (κ2) is 8.58. The predicted octanol–water partition coefficient (Wildman–Crippen LogP) is 3.85. The van der Waals surface area contributed by atoms with E-state index in [1.165, 1.54) is 17.7 Å². The first kappa shape index (κ1) is 20.6. The maximum atomic E-state index is 13.1. The van der Waals surface area contributed by atoms with Gasteiger partial charge in [-0.1, -0.05) is 6.08 Å². The molecular weight excluding hydrogens is 403 g/mol. The molecule has 0 amide bonds. The van der Waals surface area contributed by atoms with Gasteiger partial charge in [-0.15, -0.1) is 12.4 Å². The Morgan fingerprint density at radius 2 is 1.83 bits per heavy atom. The maximum Gasteiger partial charge on any atom is 0.257 e. The average Bonchev–Trinajstić information content (AvgIpc) is 3.25. The van der Waals surface area contributed by atoms with E-state index >= 15 is 0 Å². The Morgan fingerprint density at radius 3 is 2.60 bits per heavy atom. The lowest BCUT2D eigenvalue weighted by atomic mass is 10.1. The second-order valence-corrected chi connectivity index (χ2v) is 7.75. The van der Waals surface area contributed by atoms with Crippen LogP contribution in [0.1, 0.15) is 18.5 Å². The third-order valence-corrected chi connectivity index (χ3v) is 6.04. The zero-order chi connectivity index (χ0) is 19.8. The van der Waals surface area contributed by atoms with E-state index in [4.69, 9.17) is 0 Å². The number of benzene rings is 1. The van der Waals surface area contributed by atoms with Gasteiger partial charge in [0.2, 0.25) is 0 Å². The van der Waals surface area contributed by atoms with Crippen molar-refractivity contribution in [2.45, 2.75) is 18.9 Å². The van der Waals surface area contributed by atoms with Crippen LogP contribution in [-0.4, -0.2) is 47.1 Å². The zero-order valence-corrected chi connectivity index (χ0v) is 17.4. The van der Waals surface area contributed by atoms with Gasteiger partial charge in [-0.3, -0.25) is 14.7 Å². The number of aromatic nitrogens is 2. The molecule has 7 heteroatoms. The summed E-state index contributed by atoms with van der Waals surface area (Å²) in [6, 6.07) is 12.7. The molecule has 1 saturated heterocycles. The fraction of sp³-hybridized carbons (Fsp3) is 0.304. The number of allylic oxidation sites excluding steroid dienone is 1. The highest BCUT2D eigenvalue weighted by molar-refractivity contribution is 5.85. The number of anilines is 1. The molecule has 1 N–H and O–H groups in total. The van der Waals surface area contributed by atoms with Gasteiger partial charge in [-0.2, -0.15) is 0 Å². The lowest BCUT2D eigenvalue weighted by molar-refractivity contribution is 0.214. The number of pyridine rings is 2. The summed E-state index contributed by atoms with van der Waals surface area (Å²) in [4.78, 5) is 24.5. The van der Waals surface area contributed by atoms with Crippen LogP contribution in [0.15, 0.2) is 59.5 Å². The SMILES string of the molecule is Cl.O=c1[nH]c(C2=C[C@H](N3CCN(c4ccc(F)cc4)CC3)CC2)cc2ncccc12. The number of fused-ring (bicyclic) bond motifs is 1. The van der Waals surface area contributed by atoms with Crippen molar-refractivity contribution < 1.29 is 4.39 Å². The van der Waals surface area contributed by atoms with Crippen LogP contribution in [0.25, 0.3) is 16.5 Å². The minimum Gasteiger partial charge on any atom is -0.369 e. The van der Waals surface area contributed by atoms with Gasteiger partial charge in [-0.05, 0) is 60.9 Å². The largest absolute Gasteiger partial charge is 0.369 e. The molecule has 0 unspecified atom stereocenters. The summed E-state index contributed by atoms with van der Waals surface area (Å²) in [5, 5.41) is 0.628. The molecule has 5 rings (SSSR count). The van der Waals surface area contributed by atoms with E-state index in [2.05, 4.69) is 25.8 Å². The molecule has 1 fully saturated rings. The van der Waals surface area contributed by atoms with Gasteiger partial charge in [-0.25, -0.2) is 4.39 Å². The van der Waals surface area contributed by atoms with Gasteiger partial charge in [0.25, 0.3) is 5.56 Å². The molecule has 0 spiro atoms. The lowest BCUT2D eigenvalue weighted by Gasteiger charge is -2.38. The van der Waals surface area contributed by atoms with Crippen LogP contribution in [0.5, 0.6) is 0 Å². The number of rotatable bonds is 3. The smallest absolute Gasteiger partial charge is 0.257 e. The lowest BCUT2D eigenvalue weighted by Crippen LogP contribution is -2.49. The van der Waals surface area contributed by atoms with E-state index in [1.54, 1.807) is 18.3 Å². The quantitative estimate of drug-likeness (QED) is 0.691. The van der Waals surface area contributed by atoms with Gasteiger partial charge in [0.1, 0.15) is 5.82 Å². The minimum atomic E-state index is -0.196. The fourth-order valence-electron chi connectivity index (χ4n) is 4.44. The van der Waals surface area contributed by atoms with E-state index in [-0.39, 0.29) is 23.8 Å². The zero-order valence-electron chi connectivity index (χ0n) is 16.6. The molecule has 2 aliphatic rings. The Labute approximate surface area is 180 Å². The summed E-state index contributed by atoms with van der Waals surface area (Å²) >= 11 is 0. The summed E-state index contributed by atoms with van der Waals surface area (Å²) in [6.45, 7) is 3.81. The normalized spacial score (nSPS) is 19.6. The Kier molecular flexibility index (Phi) is 5.88. The van der Waals surface area contributed by atoms with Crippen LogP contribution in [0, 0.1) is 5.82 Å². The van der Waals surface area contributed by atoms with Crippen LogP contribution in [-0.2, 0) is 0 Å². The van der Waals surface area contributed by atoms with Gasteiger partial charge < -0.3 is 9.88 Å². The average molecular weight is 427 g/mol. The third kappa shape index (κ3) is 3.98. The fourth-order valence-corrected chi connectivity index (χ4v) is 4.44. The van der Waals surface area contributed by atoms with Crippen molar-refractivity contribution in [3.05, 3.63) is 76.6 Å². The van der Waals surface area contributed by atoms with Crippen molar-refractivity contribution in [1.82, 2.24) is 14.9 Å². The van der Waals surface area contributed by atoms with E-state index in [9.17, 15) is 9.18 Å². The molecule has 3 aromatic rings. The number of piperazine rings is 1. The number of nitrogens with one attached hydrogen (secondary N) is 1. The first-order valence-corrected chi connectivity index (χ1v) is 10.1. The molecule has 0 radical (unpaired) electrons. The van der Waals surface area contributed by atoms with E-state index in [1.807, 2.05) is 18.2 Å². The molecule has 5 nitrogen and oxygen atoms in total. The van der Waals surface area contributed by atoms with Crippen molar-refractivity contribution in [3.8, 4) is 0 Å². The van der Waals surface area contributed by atoms with Crippen LogP contribution in [0.3, 0.4) is 0 Å². The van der Waals surface area contributed by atoms with Crippen molar-refractivity contribution in [3.63, 3.8) is 0 Å². The highest BCUT2D eigenvalue weighted by Gasteiger charge is 2.27. The molecule has 156 valence electrons. The van der Waals surface area contributed by atoms with Crippen LogP contribution in [0.4, 0.5) is 10.1 Å². The number of H-pyrrole nitrogens is 1. The molecule has 1 aliphatic heterocycles. The molecule has 0 bridgehead atoms. The molecular formula is C23H24ClFN4O. The van der Waals surface area contributed by atoms with Crippen molar-refractivity contribution in [2.75, 3.05) is 31.1 Å². The number of hydrogen-bond donors (Lipinski definition) is 1. The van der Waals surface area contributed by atoms with E-state index < -0.39 is 0 Å². The summed E-state index contributed by atoms with van der Waals surface area (Å²) in [7, 11) is 0. The van der Waals surface area contributed by atoms with Crippen LogP contribution in [0.2, 0.25) is 0 Å². The van der Waals surface area contributed by atoms with Gasteiger partial charge in [0.05, 0.1) is 10.9 Å². The number of halogens is 2. The Balaban J connectivity index is 0.00000218. The molecule has 2 aromatic heterocycles. The summed E-state index contributed by atoms with van der Waals surface area (Å²) in [6.07, 6.45) is 6.04. The molecule has 1 atom stereocenters. The van der Waals surface area contributed by atoms with Crippen LogP contribution < -0.4 is 10.5 Å². The first-order chi connectivity index (χ1) is 14.2. The number of aromatic amines is 1. The van der Waals surface area contributed by atoms with Crippen molar-refractivity contribution >= 4 is 34.6 Å². The first-order valence-electron chi connectivity index (χ1n) is 10.1. The van der Waals surface area contributed by atoms with Crippen molar-refractivity contribution in [1.29, 1.82) is 0 Å². The minimum absolute atomic E-state index is 0. The second-order valence-electron chi connectivity index (χ2n) is 7.75. The summed E-state index contributed by atoms with van der Waals surface area (Å²) in [5.41, 5.74) is 3.82. The molecule has 1 aromatic carbocycles. The Morgan fingerprint density at radius 1 is 1.07 bits per heavy atom. The predicted molar refractivity (Wildman–Crippen MR) is 121 cm³/mol. The summed E-state index contributed by atoms with van der Waals surface area (Å²) in [5.74, 6) is -0.196. The van der Waals surface area contributed by atoms with Gasteiger partial charge >= 0.3 is 0 Å². The van der Waals surface area contributed by atoms with E-state index in [0.29, 0.717) is 11.4 Å². The number of nitrogens with zero attached hydrogens (tertiary/aromatic N) is 3. The highest BCUT2D eigenvalue weighted by Crippen LogP contribution is 2.31. The molecule has 30 heavy (non-hydrogen) atoms. The monoisotopic (exact) mass is 426 g/mol. The van der Waals surface area contributed by atoms with Gasteiger partial charge in [0, 0.05) is 49.8 Å². The molecule has 1 aliphatic carbocycles. The van der Waals surface area contributed by atoms with Crippen LogP contribution >= 0.6 is 12.4 Å². The van der Waals surface area contributed by atoms with Crippen molar-refractivity contribution in [2.24, 2.45) is 0 Å². The Hall–Kier alpha value is -2.70. The van der Waals surface area contributed by atoms with E-state index in [0.717, 1.165) is 55.9 Å².